The van der Waals surface area contributed by atoms with E-state index in [2.05, 4.69) is 0 Å². The Labute approximate surface area is 223 Å². The van der Waals surface area contributed by atoms with Crippen LogP contribution in [0.1, 0.15) is 62.7 Å². The number of rotatable bonds is 8. The first-order valence-corrected chi connectivity index (χ1v) is 13.9. The van der Waals surface area contributed by atoms with Crippen LogP contribution in [0.5, 0.6) is 0 Å². The first-order chi connectivity index (χ1) is 18.5. The lowest BCUT2D eigenvalue weighted by Crippen LogP contribution is -2.50. The number of nitrogens with zero attached hydrogens (tertiary/aromatic N) is 4. The summed E-state index contributed by atoms with van der Waals surface area (Å²) in [6, 6.07) is 16.8. The van der Waals surface area contributed by atoms with Crippen molar-refractivity contribution >= 4 is 23.6 Å². The van der Waals surface area contributed by atoms with Crippen molar-refractivity contribution in [3.05, 3.63) is 71.8 Å². The van der Waals surface area contributed by atoms with Crippen molar-refractivity contribution in [2.75, 3.05) is 13.1 Å². The van der Waals surface area contributed by atoms with Crippen molar-refractivity contribution in [1.29, 1.82) is 0 Å². The van der Waals surface area contributed by atoms with E-state index in [9.17, 15) is 19.2 Å². The molecule has 0 unspecified atom stereocenters. The van der Waals surface area contributed by atoms with E-state index in [4.69, 9.17) is 0 Å². The molecular formula is C30H34N4O4. The van der Waals surface area contributed by atoms with E-state index in [-0.39, 0.29) is 23.6 Å². The Morgan fingerprint density at radius 3 is 1.24 bits per heavy atom. The average Bonchev–Trinajstić information content (AvgIpc) is 3.59. The van der Waals surface area contributed by atoms with Crippen molar-refractivity contribution in [2.24, 2.45) is 11.8 Å². The quantitative estimate of drug-likeness (QED) is 0.503. The summed E-state index contributed by atoms with van der Waals surface area (Å²) < 4.78 is 0. The molecule has 4 aliphatic heterocycles. The third kappa shape index (κ3) is 3.50. The van der Waals surface area contributed by atoms with E-state index in [1.54, 1.807) is 0 Å². The van der Waals surface area contributed by atoms with Crippen LogP contribution in [0.2, 0.25) is 0 Å². The van der Waals surface area contributed by atoms with E-state index >= 15 is 0 Å². The molecule has 0 bridgehead atoms. The summed E-state index contributed by atoms with van der Waals surface area (Å²) in [7, 11) is 0. The predicted molar refractivity (Wildman–Crippen MR) is 140 cm³/mol. The summed E-state index contributed by atoms with van der Waals surface area (Å²) in [5, 5.41) is 3.90. The first-order valence-electron chi connectivity index (χ1n) is 13.9. The van der Waals surface area contributed by atoms with Crippen LogP contribution < -0.4 is 0 Å². The van der Waals surface area contributed by atoms with E-state index in [1.807, 2.05) is 84.5 Å². The van der Waals surface area contributed by atoms with Gasteiger partial charge in [0.1, 0.15) is 12.1 Å². The molecule has 0 saturated carbocycles. The SMILES string of the molecule is CCCCN1C(=O)[C@H]2[C@@H](C1=O)N1[C@@H](c3ccccc3)[C@H]3C(=O)N(CCCC)C(=O)[C@@H]3N1[C@@H]2c1ccccc1. The highest BCUT2D eigenvalue weighted by atomic mass is 16.2. The third-order valence-electron chi connectivity index (χ3n) is 8.66. The maximum absolute atomic E-state index is 13.9. The lowest BCUT2D eigenvalue weighted by Gasteiger charge is -2.35. The molecule has 2 aromatic rings. The molecule has 4 heterocycles. The topological polar surface area (TPSA) is 81.2 Å². The fourth-order valence-corrected chi connectivity index (χ4v) is 6.99. The largest absolute Gasteiger partial charge is 0.281 e. The van der Waals surface area contributed by atoms with E-state index < -0.39 is 36.0 Å². The second kappa shape index (κ2) is 9.75. The summed E-state index contributed by atoms with van der Waals surface area (Å²) >= 11 is 0. The summed E-state index contributed by atoms with van der Waals surface area (Å²) in [4.78, 5) is 58.5. The molecular weight excluding hydrogens is 480 g/mol. The van der Waals surface area contributed by atoms with Crippen LogP contribution in [-0.4, -0.2) is 68.6 Å². The zero-order valence-corrected chi connectivity index (χ0v) is 21.9. The minimum absolute atomic E-state index is 0.181. The molecule has 2 aromatic carbocycles. The standard InChI is InChI=1S/C30H34N4O4/c1-3-5-17-31-27(35)21-23(19-13-9-7-10-14-19)34-26-22(28(36)32(30(26)38)18-6-4-2)24(20-15-11-8-12-16-20)33(34)25(21)29(31)37/h7-16,21-26H,3-6,17-18H2,1-2H3/t21-,22-,23-,24+,25+,26-/m1/s1. The Bertz CT molecular complexity index is 1150. The number of amides is 4. The highest BCUT2D eigenvalue weighted by Gasteiger charge is 2.73. The maximum Gasteiger partial charge on any atom is 0.248 e. The van der Waals surface area contributed by atoms with Gasteiger partial charge in [0, 0.05) is 13.1 Å². The lowest BCUT2D eigenvalue weighted by atomic mass is 9.84. The summed E-state index contributed by atoms with van der Waals surface area (Å²) in [6.07, 6.45) is 3.23. The number of benzene rings is 2. The van der Waals surface area contributed by atoms with Gasteiger partial charge in [-0.3, -0.25) is 29.0 Å². The van der Waals surface area contributed by atoms with Crippen LogP contribution in [0.25, 0.3) is 0 Å². The van der Waals surface area contributed by atoms with Gasteiger partial charge < -0.3 is 0 Å². The fraction of sp³-hybridized carbons (Fsp3) is 0.467. The van der Waals surface area contributed by atoms with Gasteiger partial charge in [-0.1, -0.05) is 87.4 Å². The normalized spacial score (nSPS) is 30.9. The van der Waals surface area contributed by atoms with Crippen molar-refractivity contribution in [3.63, 3.8) is 0 Å². The minimum atomic E-state index is -0.745. The fourth-order valence-electron chi connectivity index (χ4n) is 6.99. The van der Waals surface area contributed by atoms with Gasteiger partial charge in [-0.15, -0.1) is 0 Å². The van der Waals surface area contributed by atoms with Gasteiger partial charge in [-0.25, -0.2) is 10.0 Å². The van der Waals surface area contributed by atoms with Gasteiger partial charge >= 0.3 is 0 Å². The lowest BCUT2D eigenvalue weighted by molar-refractivity contribution is -0.153. The van der Waals surface area contributed by atoms with Crippen molar-refractivity contribution in [1.82, 2.24) is 19.8 Å². The second-order valence-electron chi connectivity index (χ2n) is 10.8. The molecule has 0 N–H and O–H groups in total. The molecule has 38 heavy (non-hydrogen) atoms. The number of hydrogen-bond donors (Lipinski definition) is 0. The molecule has 4 amide bonds. The monoisotopic (exact) mass is 514 g/mol. The smallest absolute Gasteiger partial charge is 0.248 e. The van der Waals surface area contributed by atoms with Gasteiger partial charge in [0.15, 0.2) is 0 Å². The van der Waals surface area contributed by atoms with Gasteiger partial charge in [0.05, 0.1) is 23.9 Å². The van der Waals surface area contributed by atoms with Gasteiger partial charge in [0.25, 0.3) is 0 Å². The molecule has 4 fully saturated rings. The number of imide groups is 2. The van der Waals surface area contributed by atoms with Crippen molar-refractivity contribution in [2.45, 2.75) is 63.7 Å². The van der Waals surface area contributed by atoms with Crippen LogP contribution in [0.4, 0.5) is 0 Å². The van der Waals surface area contributed by atoms with Gasteiger partial charge in [-0.05, 0) is 24.0 Å². The maximum atomic E-state index is 13.9. The van der Waals surface area contributed by atoms with Crippen molar-refractivity contribution in [3.8, 4) is 0 Å². The highest BCUT2D eigenvalue weighted by molar-refractivity contribution is 6.10. The number of carbonyl (C=O) groups is 4. The van der Waals surface area contributed by atoms with Crippen molar-refractivity contribution < 1.29 is 19.2 Å². The molecule has 0 spiro atoms. The Morgan fingerprint density at radius 2 is 0.895 bits per heavy atom. The Morgan fingerprint density at radius 1 is 0.526 bits per heavy atom. The number of hydrogen-bond acceptors (Lipinski definition) is 6. The zero-order chi connectivity index (χ0) is 26.6. The average molecular weight is 515 g/mol. The van der Waals surface area contributed by atoms with Crippen LogP contribution >= 0.6 is 0 Å². The van der Waals surface area contributed by atoms with Crippen LogP contribution in [0.15, 0.2) is 60.7 Å². The predicted octanol–water partition coefficient (Wildman–Crippen LogP) is 3.32. The zero-order valence-electron chi connectivity index (χ0n) is 21.9. The van der Waals surface area contributed by atoms with Gasteiger partial charge in [-0.2, -0.15) is 0 Å². The summed E-state index contributed by atoms with van der Waals surface area (Å²) in [5.41, 5.74) is 1.76. The molecule has 4 aliphatic rings. The molecule has 0 radical (unpaired) electrons. The van der Waals surface area contributed by atoms with Crippen LogP contribution in [-0.2, 0) is 19.2 Å². The molecule has 0 aliphatic carbocycles. The van der Waals surface area contributed by atoms with Crippen LogP contribution in [0, 0.1) is 11.8 Å². The highest BCUT2D eigenvalue weighted by Crippen LogP contribution is 2.59. The number of hydrazine groups is 1. The molecule has 8 heteroatoms. The minimum Gasteiger partial charge on any atom is -0.281 e. The number of unbranched alkanes of at least 4 members (excludes halogenated alkanes) is 2. The van der Waals surface area contributed by atoms with Gasteiger partial charge in [0.2, 0.25) is 23.6 Å². The molecule has 4 saturated heterocycles. The Hall–Kier alpha value is -3.36. The number of carbonyl (C=O) groups excluding carboxylic acids is 4. The number of fused-ring (bicyclic) bond motifs is 5. The van der Waals surface area contributed by atoms with E-state index in [0.717, 1.165) is 36.8 Å². The first kappa shape index (κ1) is 24.9. The molecule has 6 rings (SSSR count). The third-order valence-corrected chi connectivity index (χ3v) is 8.66. The molecule has 6 atom stereocenters. The molecule has 0 aromatic heterocycles. The molecule has 198 valence electrons. The Balaban J connectivity index is 1.52. The van der Waals surface area contributed by atoms with E-state index in [0.29, 0.717) is 13.1 Å². The Kier molecular flexibility index (Phi) is 6.40. The molecule has 8 nitrogen and oxygen atoms in total. The van der Waals surface area contributed by atoms with E-state index in [1.165, 1.54) is 9.80 Å². The van der Waals surface area contributed by atoms with Crippen LogP contribution in [0.3, 0.4) is 0 Å². The number of likely N-dealkylation sites (tertiary alicyclic amines) is 2. The summed E-state index contributed by atoms with van der Waals surface area (Å²) in [6.45, 7) is 4.86. The summed E-state index contributed by atoms with van der Waals surface area (Å²) in [5.74, 6) is -2.08. The second-order valence-corrected chi connectivity index (χ2v) is 10.8.